The Labute approximate surface area is 218 Å². The molecule has 0 bridgehead atoms. The first-order valence-corrected chi connectivity index (χ1v) is 12.2. The van der Waals surface area contributed by atoms with Gasteiger partial charge in [-0.25, -0.2) is 4.79 Å². The van der Waals surface area contributed by atoms with Gasteiger partial charge in [0.15, 0.2) is 0 Å². The number of hydrogen-bond donors (Lipinski definition) is 3. The molecular formula is C27H36ClN3O5. The zero-order valence-corrected chi connectivity index (χ0v) is 22.9. The fraction of sp³-hybridized carbons (Fsp3) is 0.444. The van der Waals surface area contributed by atoms with Crippen LogP contribution in [0.5, 0.6) is 5.75 Å². The Bertz CT molecular complexity index is 1110. The first-order chi connectivity index (χ1) is 16.6. The molecule has 0 aliphatic heterocycles. The lowest BCUT2D eigenvalue weighted by molar-refractivity contribution is -0.142. The molecule has 3 amide bonds. The quantitative estimate of drug-likeness (QED) is 0.450. The SMILES string of the molecule is Cc1cc(C(C(=O)Nc2c(C)cccc2Cl)N(C(=O)C(C)NC(=O)OC(C)(C)C)C(C)C)ccc1O. The first kappa shape index (κ1) is 29.0. The summed E-state index contributed by atoms with van der Waals surface area (Å²) in [5, 5.41) is 15.8. The van der Waals surface area contributed by atoms with E-state index in [-0.39, 0.29) is 5.75 Å². The van der Waals surface area contributed by atoms with Crippen molar-refractivity contribution in [2.75, 3.05) is 5.32 Å². The topological polar surface area (TPSA) is 108 Å². The van der Waals surface area contributed by atoms with E-state index in [0.717, 1.165) is 5.56 Å². The Kier molecular flexibility index (Phi) is 9.38. The van der Waals surface area contributed by atoms with Gasteiger partial charge in [0.25, 0.3) is 5.91 Å². The molecule has 0 saturated heterocycles. The number of phenols is 1. The fourth-order valence-corrected chi connectivity index (χ4v) is 3.99. The highest BCUT2D eigenvalue weighted by Crippen LogP contribution is 2.32. The van der Waals surface area contributed by atoms with Crippen LogP contribution in [0.25, 0.3) is 0 Å². The third-order valence-corrected chi connectivity index (χ3v) is 5.76. The summed E-state index contributed by atoms with van der Waals surface area (Å²) in [6.45, 7) is 13.8. The number of halogens is 1. The molecular weight excluding hydrogens is 482 g/mol. The number of ether oxygens (including phenoxy) is 1. The Morgan fingerprint density at radius 3 is 2.19 bits per heavy atom. The van der Waals surface area contributed by atoms with Crippen molar-refractivity contribution >= 4 is 35.2 Å². The Balaban J connectivity index is 2.50. The molecule has 2 aromatic rings. The number of carbonyl (C=O) groups excluding carboxylic acids is 3. The van der Waals surface area contributed by atoms with Crippen molar-refractivity contribution in [3.63, 3.8) is 0 Å². The van der Waals surface area contributed by atoms with Crippen LogP contribution in [-0.2, 0) is 14.3 Å². The number of anilines is 1. The number of rotatable bonds is 7. The van der Waals surface area contributed by atoms with E-state index >= 15 is 0 Å². The molecule has 2 aromatic carbocycles. The van der Waals surface area contributed by atoms with Crippen molar-refractivity contribution in [2.45, 2.75) is 79.1 Å². The van der Waals surface area contributed by atoms with Gasteiger partial charge in [0.1, 0.15) is 23.4 Å². The second-order valence-corrected chi connectivity index (χ2v) is 10.5. The molecule has 0 heterocycles. The molecule has 8 nitrogen and oxygen atoms in total. The monoisotopic (exact) mass is 517 g/mol. The number of nitrogens with one attached hydrogen (secondary N) is 2. The number of hydrogen-bond acceptors (Lipinski definition) is 5. The number of alkyl carbamates (subject to hydrolysis) is 1. The molecule has 0 fully saturated rings. The summed E-state index contributed by atoms with van der Waals surface area (Å²) in [6.07, 6.45) is -0.736. The summed E-state index contributed by atoms with van der Waals surface area (Å²) in [7, 11) is 0. The van der Waals surface area contributed by atoms with Crippen molar-refractivity contribution in [1.29, 1.82) is 0 Å². The van der Waals surface area contributed by atoms with Gasteiger partial charge in [-0.3, -0.25) is 9.59 Å². The molecule has 2 atom stereocenters. The second-order valence-electron chi connectivity index (χ2n) is 10.1. The summed E-state index contributed by atoms with van der Waals surface area (Å²) in [6, 6.07) is 7.54. The van der Waals surface area contributed by atoms with Gasteiger partial charge < -0.3 is 25.4 Å². The van der Waals surface area contributed by atoms with Crippen LogP contribution < -0.4 is 10.6 Å². The van der Waals surface area contributed by atoms with Gasteiger partial charge in [-0.1, -0.05) is 29.8 Å². The van der Waals surface area contributed by atoms with Crippen LogP contribution in [0, 0.1) is 13.8 Å². The molecule has 2 rings (SSSR count). The van der Waals surface area contributed by atoms with E-state index in [4.69, 9.17) is 16.3 Å². The predicted octanol–water partition coefficient (Wildman–Crippen LogP) is 5.49. The molecule has 0 radical (unpaired) electrons. The maximum Gasteiger partial charge on any atom is 0.408 e. The molecule has 0 spiro atoms. The largest absolute Gasteiger partial charge is 0.508 e. The van der Waals surface area contributed by atoms with Gasteiger partial charge >= 0.3 is 6.09 Å². The first-order valence-electron chi connectivity index (χ1n) is 11.8. The smallest absolute Gasteiger partial charge is 0.408 e. The van der Waals surface area contributed by atoms with E-state index in [9.17, 15) is 19.5 Å². The summed E-state index contributed by atoms with van der Waals surface area (Å²) in [4.78, 5) is 41.1. The van der Waals surface area contributed by atoms with Crippen molar-refractivity contribution in [3.8, 4) is 5.75 Å². The highest BCUT2D eigenvalue weighted by Gasteiger charge is 2.37. The third-order valence-electron chi connectivity index (χ3n) is 5.45. The summed E-state index contributed by atoms with van der Waals surface area (Å²) in [5.41, 5.74) is 1.53. The molecule has 0 aliphatic carbocycles. The van der Waals surface area contributed by atoms with E-state index in [1.165, 1.54) is 17.9 Å². The normalized spacial score (nSPS) is 13.1. The van der Waals surface area contributed by atoms with Crippen LogP contribution in [0.4, 0.5) is 10.5 Å². The van der Waals surface area contributed by atoms with Gasteiger partial charge in [-0.2, -0.15) is 0 Å². The minimum absolute atomic E-state index is 0.0715. The highest BCUT2D eigenvalue weighted by atomic mass is 35.5. The zero-order valence-electron chi connectivity index (χ0n) is 22.1. The molecule has 196 valence electrons. The molecule has 3 N–H and O–H groups in total. The minimum atomic E-state index is -1.07. The molecule has 0 aliphatic rings. The lowest BCUT2D eigenvalue weighted by atomic mass is 9.99. The number of nitrogens with zero attached hydrogens (tertiary/aromatic N) is 1. The van der Waals surface area contributed by atoms with Gasteiger partial charge in [-0.15, -0.1) is 0 Å². The van der Waals surface area contributed by atoms with Crippen molar-refractivity contribution < 1.29 is 24.2 Å². The number of amides is 3. The van der Waals surface area contributed by atoms with Gasteiger partial charge in [0.2, 0.25) is 5.91 Å². The maximum absolute atomic E-state index is 13.8. The molecule has 2 unspecified atom stereocenters. The van der Waals surface area contributed by atoms with Crippen LogP contribution >= 0.6 is 11.6 Å². The van der Waals surface area contributed by atoms with Gasteiger partial charge in [0.05, 0.1) is 10.7 Å². The minimum Gasteiger partial charge on any atom is -0.508 e. The number of aryl methyl sites for hydroxylation is 2. The zero-order chi connectivity index (χ0) is 27.4. The number of aromatic hydroxyl groups is 1. The van der Waals surface area contributed by atoms with E-state index in [2.05, 4.69) is 10.6 Å². The van der Waals surface area contributed by atoms with Crippen LogP contribution in [-0.4, -0.2) is 45.6 Å². The average Bonchev–Trinajstić information content (AvgIpc) is 2.74. The van der Waals surface area contributed by atoms with Crippen molar-refractivity contribution in [2.24, 2.45) is 0 Å². The van der Waals surface area contributed by atoms with E-state index in [0.29, 0.717) is 21.8 Å². The molecule has 9 heteroatoms. The number of para-hydroxylation sites is 1. The van der Waals surface area contributed by atoms with Crippen molar-refractivity contribution in [3.05, 3.63) is 58.1 Å². The lowest BCUT2D eigenvalue weighted by Gasteiger charge is -2.36. The highest BCUT2D eigenvalue weighted by molar-refractivity contribution is 6.34. The maximum atomic E-state index is 13.8. The summed E-state index contributed by atoms with van der Waals surface area (Å²) >= 11 is 6.35. The number of benzene rings is 2. The van der Waals surface area contributed by atoms with Crippen LogP contribution in [0.1, 0.15) is 64.3 Å². The Morgan fingerprint density at radius 2 is 1.67 bits per heavy atom. The van der Waals surface area contributed by atoms with Crippen LogP contribution in [0.15, 0.2) is 36.4 Å². The molecule has 0 aromatic heterocycles. The standard InChI is InChI=1S/C27H36ClN3O5/c1-15(2)31(25(34)18(5)29-26(35)36-27(6,7)8)23(19-12-13-21(32)17(4)14-19)24(33)30-22-16(3)10-9-11-20(22)28/h9-15,18,23,32H,1-8H3,(H,29,35)(H,30,33). The lowest BCUT2D eigenvalue weighted by Crippen LogP contribution is -2.53. The third kappa shape index (κ3) is 7.37. The van der Waals surface area contributed by atoms with E-state index < -0.39 is 41.6 Å². The van der Waals surface area contributed by atoms with Gasteiger partial charge in [0, 0.05) is 6.04 Å². The van der Waals surface area contributed by atoms with E-state index in [1.807, 2.05) is 13.0 Å². The van der Waals surface area contributed by atoms with E-state index in [1.54, 1.807) is 65.8 Å². The van der Waals surface area contributed by atoms with Crippen LogP contribution in [0.2, 0.25) is 5.02 Å². The second kappa shape index (κ2) is 11.6. The Hall–Kier alpha value is -3.26. The average molecular weight is 518 g/mol. The number of phenolic OH excluding ortho intramolecular Hbond substituents is 1. The summed E-state index contributed by atoms with van der Waals surface area (Å²) in [5.74, 6) is -0.886. The number of carbonyl (C=O) groups is 3. The predicted molar refractivity (Wildman–Crippen MR) is 141 cm³/mol. The molecule has 0 saturated carbocycles. The van der Waals surface area contributed by atoms with Crippen molar-refractivity contribution in [1.82, 2.24) is 10.2 Å². The fourth-order valence-electron chi connectivity index (χ4n) is 3.72. The summed E-state index contributed by atoms with van der Waals surface area (Å²) < 4.78 is 5.28. The Morgan fingerprint density at radius 1 is 1.03 bits per heavy atom. The van der Waals surface area contributed by atoms with Crippen LogP contribution in [0.3, 0.4) is 0 Å². The molecule has 36 heavy (non-hydrogen) atoms. The van der Waals surface area contributed by atoms with Gasteiger partial charge in [-0.05, 0) is 90.3 Å².